The Balaban J connectivity index is 1.01. The van der Waals surface area contributed by atoms with Gasteiger partial charge in [0, 0.05) is 11.1 Å². The predicted octanol–water partition coefficient (Wildman–Crippen LogP) is 6.82. The zero-order valence-corrected chi connectivity index (χ0v) is 34.6. The molecule has 4 heterocycles. The van der Waals surface area contributed by atoms with E-state index < -0.39 is 74.0 Å². The van der Waals surface area contributed by atoms with Crippen LogP contribution in [0.2, 0.25) is 0 Å². The van der Waals surface area contributed by atoms with Crippen molar-refractivity contribution in [2.45, 2.75) is 93.8 Å². The van der Waals surface area contributed by atoms with Crippen molar-refractivity contribution in [2.75, 3.05) is 27.4 Å². The van der Waals surface area contributed by atoms with E-state index in [9.17, 15) is 5.11 Å². The smallest absolute Gasteiger partial charge is 0.190 e. The van der Waals surface area contributed by atoms with Crippen molar-refractivity contribution >= 4 is 0 Å². The van der Waals surface area contributed by atoms with Gasteiger partial charge in [-0.25, -0.2) is 0 Å². The molecule has 4 saturated heterocycles. The lowest BCUT2D eigenvalue weighted by atomic mass is 9.96. The van der Waals surface area contributed by atoms with E-state index in [4.69, 9.17) is 56.8 Å². The molecule has 0 aliphatic carbocycles. The number of fused-ring (bicyclic) bond motifs is 2. The molecule has 9 rings (SSSR count). The molecule has 5 aromatic carbocycles. The molecule has 0 saturated carbocycles. The largest absolute Gasteiger partial charge is 0.497 e. The first-order valence-corrected chi connectivity index (χ1v) is 21.0. The first-order valence-electron chi connectivity index (χ1n) is 21.0. The third kappa shape index (κ3) is 9.89. The Kier molecular flexibility index (Phi) is 13.9. The molecule has 4 aliphatic rings. The quantitative estimate of drug-likeness (QED) is 0.118. The van der Waals surface area contributed by atoms with E-state index in [0.29, 0.717) is 5.75 Å². The second kappa shape index (κ2) is 20.2. The molecule has 13 heteroatoms. The van der Waals surface area contributed by atoms with Crippen molar-refractivity contribution in [3.05, 3.63) is 167 Å². The summed E-state index contributed by atoms with van der Waals surface area (Å²) in [5, 5.41) is 12.2. The van der Waals surface area contributed by atoms with Crippen LogP contribution in [0.15, 0.2) is 140 Å². The average molecular weight is 849 g/mol. The highest BCUT2D eigenvalue weighted by Crippen LogP contribution is 2.41. The summed E-state index contributed by atoms with van der Waals surface area (Å²) in [6.07, 6.45) is -10.3. The topological polar surface area (TPSA) is 131 Å². The first-order chi connectivity index (χ1) is 30.5. The van der Waals surface area contributed by atoms with Crippen LogP contribution in [0.1, 0.15) is 40.4 Å². The van der Waals surface area contributed by atoms with Gasteiger partial charge in [-0.3, -0.25) is 0 Å². The minimum Gasteiger partial charge on any atom is -0.497 e. The van der Waals surface area contributed by atoms with Crippen LogP contribution < -0.4 is 9.47 Å². The van der Waals surface area contributed by atoms with Gasteiger partial charge in [-0.15, -0.1) is 0 Å². The standard InChI is InChI=1S/C49H52O13/c1-51-36-22-18-34(19-23-36)46-56-29-38-41(60-46)40(50)43(53-26-31-12-6-3-7-13-31)48(58-38)62-49-45(55-28-33-16-10-5-11-17-33)44(54-27-32-14-8-4-9-15-32)42-39(59-49)30-57-47(61-42)35-20-24-37(52-2)25-21-35/h3-25,38-50H,26-30H2,1-2H3/t38?,39?,40?,41-,42+,43?,44?,45?,46?,47?,48-,49-/m1/s1. The summed E-state index contributed by atoms with van der Waals surface area (Å²) in [5.74, 6) is 1.42. The summed E-state index contributed by atoms with van der Waals surface area (Å²) in [5.41, 5.74) is 4.40. The monoisotopic (exact) mass is 848 g/mol. The number of ether oxygens (including phenoxy) is 12. The molecule has 4 fully saturated rings. The first kappa shape index (κ1) is 42.6. The molecule has 4 aliphatic heterocycles. The van der Waals surface area contributed by atoms with E-state index in [1.807, 2.05) is 140 Å². The summed E-state index contributed by atoms with van der Waals surface area (Å²) >= 11 is 0. The van der Waals surface area contributed by atoms with Gasteiger partial charge >= 0.3 is 0 Å². The zero-order chi connectivity index (χ0) is 42.3. The van der Waals surface area contributed by atoms with Crippen molar-refractivity contribution in [3.63, 3.8) is 0 Å². The number of hydrogen-bond acceptors (Lipinski definition) is 13. The number of aliphatic hydroxyl groups is 1. The van der Waals surface area contributed by atoms with Crippen molar-refractivity contribution in [3.8, 4) is 11.5 Å². The zero-order valence-electron chi connectivity index (χ0n) is 34.6. The summed E-state index contributed by atoms with van der Waals surface area (Å²) in [6, 6.07) is 44.4. The third-order valence-electron chi connectivity index (χ3n) is 11.5. The number of rotatable bonds is 15. The van der Waals surface area contributed by atoms with E-state index >= 15 is 0 Å². The van der Waals surface area contributed by atoms with Gasteiger partial charge in [0.1, 0.15) is 60.3 Å². The molecule has 0 radical (unpaired) electrons. The number of hydrogen-bond donors (Lipinski definition) is 1. The lowest BCUT2D eigenvalue weighted by molar-refractivity contribution is -0.420. The van der Waals surface area contributed by atoms with E-state index in [1.165, 1.54) is 0 Å². The normalized spacial score (nSPS) is 30.8. The summed E-state index contributed by atoms with van der Waals surface area (Å²) in [7, 11) is 3.24. The number of benzene rings is 5. The maximum absolute atomic E-state index is 12.2. The van der Waals surface area contributed by atoms with Crippen LogP contribution in [-0.4, -0.2) is 94.0 Å². The molecule has 0 spiro atoms. The van der Waals surface area contributed by atoms with Crippen LogP contribution in [0, 0.1) is 0 Å². The maximum atomic E-state index is 12.2. The SMILES string of the molecule is COc1ccc(C2OCC3O[C@H](O[C@H]4OC5COC(c6ccc(OC)cc6)O[C@@H]5C(OCc5ccccc5)C4OCc4ccccc4)C(OCc4ccccc4)C(O)[C@@H]3O2)cc1. The van der Waals surface area contributed by atoms with Crippen molar-refractivity contribution in [2.24, 2.45) is 0 Å². The minimum atomic E-state index is -1.19. The van der Waals surface area contributed by atoms with Gasteiger partial charge in [0.05, 0.1) is 47.3 Å². The molecule has 8 unspecified atom stereocenters. The van der Waals surface area contributed by atoms with E-state index in [2.05, 4.69) is 0 Å². The van der Waals surface area contributed by atoms with Crippen molar-refractivity contribution in [1.82, 2.24) is 0 Å². The van der Waals surface area contributed by atoms with Crippen LogP contribution >= 0.6 is 0 Å². The van der Waals surface area contributed by atoms with Crippen molar-refractivity contribution in [1.29, 1.82) is 0 Å². The Morgan fingerprint density at radius 3 is 1.34 bits per heavy atom. The lowest BCUT2D eigenvalue weighted by Crippen LogP contribution is -2.67. The molecular formula is C49H52O13. The molecular weight excluding hydrogens is 797 g/mol. The summed E-state index contributed by atoms with van der Waals surface area (Å²) < 4.78 is 76.8. The van der Waals surface area contributed by atoms with Gasteiger partial charge in [0.15, 0.2) is 25.2 Å². The number of methoxy groups -OCH3 is 2. The third-order valence-corrected chi connectivity index (χ3v) is 11.5. The molecule has 326 valence electrons. The molecule has 12 atom stereocenters. The predicted molar refractivity (Wildman–Crippen MR) is 223 cm³/mol. The fourth-order valence-corrected chi connectivity index (χ4v) is 8.17. The Hall–Kier alpha value is -4.74. The molecule has 0 amide bonds. The molecule has 0 bridgehead atoms. The van der Waals surface area contributed by atoms with Crippen LogP contribution in [0.5, 0.6) is 11.5 Å². The maximum Gasteiger partial charge on any atom is 0.190 e. The van der Waals surface area contributed by atoms with E-state index in [1.54, 1.807) is 14.2 Å². The average Bonchev–Trinajstić information content (AvgIpc) is 3.33. The molecule has 62 heavy (non-hydrogen) atoms. The highest BCUT2D eigenvalue weighted by Gasteiger charge is 2.56. The highest BCUT2D eigenvalue weighted by molar-refractivity contribution is 5.29. The second-order valence-electron chi connectivity index (χ2n) is 15.6. The lowest BCUT2D eigenvalue weighted by Gasteiger charge is -2.51. The Morgan fingerprint density at radius 1 is 0.468 bits per heavy atom. The Bertz CT molecular complexity index is 2110. The van der Waals surface area contributed by atoms with Gasteiger partial charge in [0.25, 0.3) is 0 Å². The summed E-state index contributed by atoms with van der Waals surface area (Å²) in [4.78, 5) is 0. The van der Waals surface area contributed by atoms with Gasteiger partial charge in [-0.05, 0) is 41.0 Å². The van der Waals surface area contributed by atoms with E-state index in [-0.39, 0.29) is 33.0 Å². The fraction of sp³-hybridized carbons (Fsp3) is 0.388. The fourth-order valence-electron chi connectivity index (χ4n) is 8.17. The highest BCUT2D eigenvalue weighted by atomic mass is 16.8. The van der Waals surface area contributed by atoms with Crippen LogP contribution in [-0.2, 0) is 67.2 Å². The molecule has 13 nitrogen and oxygen atoms in total. The van der Waals surface area contributed by atoms with Gasteiger partial charge in [-0.1, -0.05) is 115 Å². The Morgan fingerprint density at radius 2 is 0.871 bits per heavy atom. The molecule has 0 aromatic heterocycles. The second-order valence-corrected chi connectivity index (χ2v) is 15.6. The van der Waals surface area contributed by atoms with Crippen LogP contribution in [0.3, 0.4) is 0 Å². The van der Waals surface area contributed by atoms with Gasteiger partial charge in [0.2, 0.25) is 0 Å². The number of aliphatic hydroxyl groups excluding tert-OH is 1. The van der Waals surface area contributed by atoms with Crippen LogP contribution in [0.25, 0.3) is 0 Å². The van der Waals surface area contributed by atoms with Crippen molar-refractivity contribution < 1.29 is 61.9 Å². The molecule has 5 aromatic rings. The van der Waals surface area contributed by atoms with Gasteiger partial charge < -0.3 is 61.9 Å². The van der Waals surface area contributed by atoms with Crippen LogP contribution in [0.4, 0.5) is 0 Å². The minimum absolute atomic E-state index is 0.116. The summed E-state index contributed by atoms with van der Waals surface area (Å²) in [6.45, 7) is 0.934. The Labute approximate surface area is 361 Å². The van der Waals surface area contributed by atoms with E-state index in [0.717, 1.165) is 33.6 Å². The van der Waals surface area contributed by atoms with Gasteiger partial charge in [-0.2, -0.15) is 0 Å². The molecule has 1 N–H and O–H groups in total.